The van der Waals surface area contributed by atoms with Gasteiger partial charge in [-0.2, -0.15) is 4.31 Å². The van der Waals surface area contributed by atoms with Crippen LogP contribution in [0.2, 0.25) is 0 Å². The van der Waals surface area contributed by atoms with E-state index in [0.29, 0.717) is 11.1 Å². The van der Waals surface area contributed by atoms with E-state index in [0.717, 1.165) is 17.7 Å². The van der Waals surface area contributed by atoms with Crippen molar-refractivity contribution in [3.63, 3.8) is 0 Å². The zero-order valence-corrected chi connectivity index (χ0v) is 22.8. The number of aryl methyl sites for hydroxylation is 1. The monoisotopic (exact) mass is 579 g/mol. The van der Waals surface area contributed by atoms with E-state index in [9.17, 15) is 31.5 Å². The molecule has 0 fully saturated rings. The Balaban J connectivity index is 1.75. The summed E-state index contributed by atoms with van der Waals surface area (Å²) in [5.41, 5.74) is 2.07. The average molecular weight is 580 g/mol. The number of halogens is 3. The van der Waals surface area contributed by atoms with Gasteiger partial charge in [0.15, 0.2) is 0 Å². The van der Waals surface area contributed by atoms with E-state index in [1.54, 1.807) is 50.2 Å². The second-order valence-corrected chi connectivity index (χ2v) is 11.4. The van der Waals surface area contributed by atoms with E-state index >= 15 is 0 Å². The Hall–Kier alpha value is -3.77. The molecule has 0 amide bonds. The Kier molecular flexibility index (Phi) is 8.31. The van der Waals surface area contributed by atoms with Crippen LogP contribution in [0.4, 0.5) is 13.2 Å². The first-order valence-electron chi connectivity index (χ1n) is 12.3. The molecule has 3 aromatic rings. The number of sulfonamides is 1. The normalized spacial score (nSPS) is 17.7. The highest BCUT2D eigenvalue weighted by Gasteiger charge is 2.34. The first-order valence-corrected chi connectivity index (χ1v) is 13.7. The highest BCUT2D eigenvalue weighted by atomic mass is 32.2. The van der Waals surface area contributed by atoms with Crippen molar-refractivity contribution >= 4 is 16.0 Å². The SMILES string of the molecule is COc1cc(OC(F)(F)F)cc(C(CC(=O)O)c2ccc(C)c(CN3C[C@@H](C)Oc4ccccc4S3(=O)=O)c2)c1. The number of aliphatic carboxylic acids is 1. The number of nitrogens with zero attached hydrogens (tertiary/aromatic N) is 1. The van der Waals surface area contributed by atoms with E-state index in [1.807, 2.05) is 0 Å². The molecule has 0 bridgehead atoms. The van der Waals surface area contributed by atoms with Crippen molar-refractivity contribution in [2.75, 3.05) is 13.7 Å². The second kappa shape index (κ2) is 11.4. The number of fused-ring (bicyclic) bond motifs is 1. The van der Waals surface area contributed by atoms with Crippen LogP contribution >= 0.6 is 0 Å². The summed E-state index contributed by atoms with van der Waals surface area (Å²) in [6, 6.07) is 15.1. The number of hydrogen-bond donors (Lipinski definition) is 1. The smallest absolute Gasteiger partial charge is 0.497 e. The van der Waals surface area contributed by atoms with E-state index in [4.69, 9.17) is 9.47 Å². The number of para-hydroxylation sites is 1. The van der Waals surface area contributed by atoms with E-state index in [2.05, 4.69) is 4.74 Å². The molecule has 2 atom stereocenters. The van der Waals surface area contributed by atoms with Crippen LogP contribution in [0.1, 0.15) is 41.5 Å². The van der Waals surface area contributed by atoms with Gasteiger partial charge in [-0.3, -0.25) is 4.79 Å². The van der Waals surface area contributed by atoms with Crippen LogP contribution in [0.15, 0.2) is 65.6 Å². The topological polar surface area (TPSA) is 102 Å². The molecule has 8 nitrogen and oxygen atoms in total. The summed E-state index contributed by atoms with van der Waals surface area (Å²) in [6.45, 7) is 3.61. The third kappa shape index (κ3) is 6.68. The molecule has 1 unspecified atom stereocenters. The standard InChI is InChI=1S/C28H28F3NO7S/c1-17-8-9-19(24(14-27(33)34)20-11-22(37-3)13-23(12-20)39-28(29,30)31)10-21(17)16-32-15-18(2)38-25-6-4-5-7-26(25)40(32,35)36/h4-13,18,24H,14-16H2,1-3H3,(H,33,34)/t18-,24?/m1/s1. The van der Waals surface area contributed by atoms with Gasteiger partial charge in [-0.25, -0.2) is 8.42 Å². The van der Waals surface area contributed by atoms with Crippen LogP contribution in [-0.4, -0.2) is 49.9 Å². The molecule has 214 valence electrons. The molecule has 12 heteroatoms. The van der Waals surface area contributed by atoms with Gasteiger partial charge in [0.05, 0.1) is 20.1 Å². The number of carboxylic acids is 1. The van der Waals surface area contributed by atoms with Gasteiger partial charge in [-0.05, 0) is 60.4 Å². The molecule has 3 aromatic carbocycles. The van der Waals surface area contributed by atoms with Crippen LogP contribution in [0, 0.1) is 6.92 Å². The molecule has 40 heavy (non-hydrogen) atoms. The maximum Gasteiger partial charge on any atom is 0.573 e. The van der Waals surface area contributed by atoms with Crippen molar-refractivity contribution in [1.29, 1.82) is 0 Å². The maximum atomic E-state index is 13.5. The van der Waals surface area contributed by atoms with Crippen molar-refractivity contribution in [2.24, 2.45) is 0 Å². The molecule has 0 radical (unpaired) electrons. The zero-order chi connectivity index (χ0) is 29.2. The first-order chi connectivity index (χ1) is 18.8. The van der Waals surface area contributed by atoms with Crippen LogP contribution in [0.5, 0.6) is 17.2 Å². The van der Waals surface area contributed by atoms with E-state index in [1.165, 1.54) is 23.5 Å². The average Bonchev–Trinajstić information content (AvgIpc) is 2.95. The fourth-order valence-corrected chi connectivity index (χ4v) is 6.28. The van der Waals surface area contributed by atoms with Gasteiger partial charge in [0, 0.05) is 18.5 Å². The maximum absolute atomic E-state index is 13.5. The fourth-order valence-electron chi connectivity index (χ4n) is 4.66. The number of alkyl halides is 3. The number of hydrogen-bond acceptors (Lipinski definition) is 6. The van der Waals surface area contributed by atoms with Gasteiger partial charge in [0.25, 0.3) is 0 Å². The molecule has 0 aliphatic carbocycles. The van der Waals surface area contributed by atoms with E-state index < -0.39 is 46.5 Å². The summed E-state index contributed by atoms with van der Waals surface area (Å²) < 4.78 is 82.3. The second-order valence-electron chi connectivity index (χ2n) is 9.50. The third-order valence-corrected chi connectivity index (χ3v) is 8.38. The molecular weight excluding hydrogens is 551 g/mol. The van der Waals surface area contributed by atoms with Crippen molar-refractivity contribution in [3.8, 4) is 17.2 Å². The van der Waals surface area contributed by atoms with Crippen LogP contribution in [0.25, 0.3) is 0 Å². The lowest BCUT2D eigenvalue weighted by atomic mass is 9.86. The molecule has 1 aliphatic heterocycles. The molecule has 1 heterocycles. The summed E-state index contributed by atoms with van der Waals surface area (Å²) >= 11 is 0. The molecular formula is C28H28F3NO7S. The molecule has 0 saturated carbocycles. The largest absolute Gasteiger partial charge is 0.573 e. The van der Waals surface area contributed by atoms with Gasteiger partial charge in [0.2, 0.25) is 10.0 Å². The molecule has 0 saturated heterocycles. The van der Waals surface area contributed by atoms with Crippen molar-refractivity contribution in [1.82, 2.24) is 4.31 Å². The minimum Gasteiger partial charge on any atom is -0.497 e. The number of benzene rings is 3. The number of rotatable bonds is 8. The lowest BCUT2D eigenvalue weighted by Gasteiger charge is -2.24. The molecule has 1 N–H and O–H groups in total. The van der Waals surface area contributed by atoms with Gasteiger partial charge in [0.1, 0.15) is 28.2 Å². The van der Waals surface area contributed by atoms with Crippen LogP contribution in [0.3, 0.4) is 0 Å². The van der Waals surface area contributed by atoms with E-state index in [-0.39, 0.29) is 35.0 Å². The highest BCUT2D eigenvalue weighted by Crippen LogP contribution is 2.37. The molecule has 4 rings (SSSR count). The minimum atomic E-state index is -4.96. The number of methoxy groups -OCH3 is 1. The summed E-state index contributed by atoms with van der Waals surface area (Å²) in [5.74, 6) is -2.28. The zero-order valence-electron chi connectivity index (χ0n) is 21.9. The first kappa shape index (κ1) is 29.2. The Morgan fingerprint density at radius 1 is 1.10 bits per heavy atom. The molecule has 0 aromatic heterocycles. The molecule has 0 spiro atoms. The highest BCUT2D eigenvalue weighted by molar-refractivity contribution is 7.89. The summed E-state index contributed by atoms with van der Waals surface area (Å²) in [7, 11) is -2.65. The predicted molar refractivity (Wildman–Crippen MR) is 139 cm³/mol. The molecule has 1 aliphatic rings. The van der Waals surface area contributed by atoms with Crippen LogP contribution < -0.4 is 14.2 Å². The Morgan fingerprint density at radius 3 is 2.48 bits per heavy atom. The minimum absolute atomic E-state index is 0.0234. The fraction of sp³-hybridized carbons (Fsp3) is 0.321. The number of ether oxygens (including phenoxy) is 3. The lowest BCUT2D eigenvalue weighted by molar-refractivity contribution is -0.274. The summed E-state index contributed by atoms with van der Waals surface area (Å²) in [5, 5.41) is 9.65. The quantitative estimate of drug-likeness (QED) is 0.377. The summed E-state index contributed by atoms with van der Waals surface area (Å²) in [6.07, 6.45) is -5.84. The Bertz CT molecular complexity index is 1510. The van der Waals surface area contributed by atoms with Crippen LogP contribution in [-0.2, 0) is 21.4 Å². The van der Waals surface area contributed by atoms with Crippen molar-refractivity contribution in [3.05, 3.63) is 82.9 Å². The van der Waals surface area contributed by atoms with Crippen molar-refractivity contribution < 1.29 is 45.7 Å². The van der Waals surface area contributed by atoms with Crippen molar-refractivity contribution in [2.45, 2.75) is 50.1 Å². The number of carboxylic acid groups (broad SMARTS) is 1. The Labute approximate surface area is 230 Å². The van der Waals surface area contributed by atoms with Gasteiger partial charge in [-0.1, -0.05) is 30.3 Å². The lowest BCUT2D eigenvalue weighted by Crippen LogP contribution is -2.35. The van der Waals surface area contributed by atoms with Gasteiger partial charge < -0.3 is 19.3 Å². The summed E-state index contributed by atoms with van der Waals surface area (Å²) in [4.78, 5) is 11.9. The third-order valence-electron chi connectivity index (χ3n) is 6.53. The predicted octanol–water partition coefficient (Wildman–Crippen LogP) is 5.48. The Morgan fingerprint density at radius 2 is 1.80 bits per heavy atom. The van der Waals surface area contributed by atoms with Gasteiger partial charge >= 0.3 is 12.3 Å². The van der Waals surface area contributed by atoms with Gasteiger partial charge in [-0.15, -0.1) is 13.2 Å². The number of carbonyl (C=O) groups is 1.